The smallest absolute Gasteiger partial charge is 0.266 e. The summed E-state index contributed by atoms with van der Waals surface area (Å²) in [6, 6.07) is 20.2. The highest BCUT2D eigenvalue weighted by atomic mass is 32.2. The van der Waals surface area contributed by atoms with E-state index in [-0.39, 0.29) is 48.9 Å². The molecule has 2 aliphatic heterocycles. The van der Waals surface area contributed by atoms with Crippen molar-refractivity contribution in [1.29, 1.82) is 0 Å². The summed E-state index contributed by atoms with van der Waals surface area (Å²) < 4.78 is 26.0. The molecule has 0 radical (unpaired) electrons. The van der Waals surface area contributed by atoms with Crippen LogP contribution in [0, 0.1) is 6.92 Å². The molecule has 4 amide bonds. The molecule has 0 unspecified atom stereocenters. The second-order valence-electron chi connectivity index (χ2n) is 9.78. The number of hydrogen-bond acceptors (Lipinski definition) is 7. The molecule has 0 aromatic heterocycles. The fraction of sp³-hybridized carbons (Fsp3) is 0.0645. The lowest BCUT2D eigenvalue weighted by molar-refractivity contribution is 0.0692. The van der Waals surface area contributed by atoms with Crippen LogP contribution in [0.5, 0.6) is 0 Å². The average Bonchev–Trinajstić information content (AvgIpc) is 3.36. The number of ketones is 1. The molecule has 2 aliphatic rings. The number of nitrogens with zero attached hydrogens (tertiary/aromatic N) is 2. The van der Waals surface area contributed by atoms with Crippen molar-refractivity contribution in [2.24, 2.45) is 0 Å². The zero-order chi connectivity index (χ0) is 29.2. The summed E-state index contributed by atoms with van der Waals surface area (Å²) in [6.07, 6.45) is 0. The molecular formula is C31H20N2O7S. The van der Waals surface area contributed by atoms with Crippen LogP contribution in [0.4, 0.5) is 5.69 Å². The molecule has 6 rings (SSSR count). The van der Waals surface area contributed by atoms with Gasteiger partial charge in [0.2, 0.25) is 9.84 Å². The third kappa shape index (κ3) is 3.99. The third-order valence-electron chi connectivity index (χ3n) is 7.24. The summed E-state index contributed by atoms with van der Waals surface area (Å²) in [4.78, 5) is 66.3. The molecule has 10 heteroatoms. The van der Waals surface area contributed by atoms with Gasteiger partial charge in [0.1, 0.15) is 0 Å². The molecule has 0 saturated carbocycles. The number of benzene rings is 4. The highest BCUT2D eigenvalue weighted by Gasteiger charge is 2.38. The van der Waals surface area contributed by atoms with Gasteiger partial charge in [0, 0.05) is 18.2 Å². The van der Waals surface area contributed by atoms with E-state index in [4.69, 9.17) is 0 Å². The molecule has 0 N–H and O–H groups in total. The van der Waals surface area contributed by atoms with E-state index in [1.54, 1.807) is 12.1 Å². The monoisotopic (exact) mass is 564 g/mol. The Hall–Kier alpha value is -5.22. The topological polar surface area (TPSA) is 126 Å². The van der Waals surface area contributed by atoms with Gasteiger partial charge in [-0.1, -0.05) is 29.8 Å². The first kappa shape index (κ1) is 26.0. The molecule has 0 spiro atoms. The fourth-order valence-electron chi connectivity index (χ4n) is 4.91. The molecular weight excluding hydrogens is 544 g/mol. The minimum Gasteiger partial charge on any atom is -0.289 e. The number of aryl methyl sites for hydroxylation is 1. The van der Waals surface area contributed by atoms with Gasteiger partial charge < -0.3 is 0 Å². The van der Waals surface area contributed by atoms with Gasteiger partial charge in [-0.3, -0.25) is 28.9 Å². The summed E-state index contributed by atoms with van der Waals surface area (Å²) in [5, 5.41) is 0. The van der Waals surface area contributed by atoms with Crippen LogP contribution >= 0.6 is 0 Å². The van der Waals surface area contributed by atoms with Crippen molar-refractivity contribution in [2.45, 2.75) is 16.7 Å². The van der Waals surface area contributed by atoms with Crippen molar-refractivity contribution in [2.75, 3.05) is 11.9 Å². The van der Waals surface area contributed by atoms with Gasteiger partial charge in [0.25, 0.3) is 23.6 Å². The summed E-state index contributed by atoms with van der Waals surface area (Å²) in [6.45, 7) is 1.85. The van der Waals surface area contributed by atoms with E-state index in [0.717, 1.165) is 15.4 Å². The lowest BCUT2D eigenvalue weighted by Gasteiger charge is -2.14. The van der Waals surface area contributed by atoms with Crippen LogP contribution < -0.4 is 4.90 Å². The van der Waals surface area contributed by atoms with Crippen LogP contribution in [0.2, 0.25) is 0 Å². The number of amides is 4. The predicted octanol–water partition coefficient (Wildman–Crippen LogP) is 4.09. The number of sulfone groups is 1. The number of carbonyl (C=O) groups is 5. The van der Waals surface area contributed by atoms with Crippen LogP contribution in [-0.4, -0.2) is 49.8 Å². The SMILES string of the molecule is Cc1ccc(S(=O)(=O)c2ccc(N3C(=O)c4ccc(C(=O)c5ccc6c(c5)C(=O)N(C)C6=O)cc4C3=O)cc2)cc1. The third-order valence-corrected chi connectivity index (χ3v) is 9.02. The van der Waals surface area contributed by atoms with Crippen LogP contribution in [0.3, 0.4) is 0 Å². The molecule has 0 aliphatic carbocycles. The first-order valence-electron chi connectivity index (χ1n) is 12.4. The van der Waals surface area contributed by atoms with E-state index in [2.05, 4.69) is 0 Å². The molecule has 0 saturated heterocycles. The van der Waals surface area contributed by atoms with E-state index in [1.807, 2.05) is 6.92 Å². The van der Waals surface area contributed by atoms with Gasteiger partial charge in [0.15, 0.2) is 5.78 Å². The van der Waals surface area contributed by atoms with Gasteiger partial charge >= 0.3 is 0 Å². The Bertz CT molecular complexity index is 1960. The highest BCUT2D eigenvalue weighted by molar-refractivity contribution is 7.91. The van der Waals surface area contributed by atoms with Crippen molar-refractivity contribution >= 4 is 44.9 Å². The van der Waals surface area contributed by atoms with E-state index < -0.39 is 39.2 Å². The maximum Gasteiger partial charge on any atom is 0.266 e. The molecule has 0 fully saturated rings. The van der Waals surface area contributed by atoms with Crippen molar-refractivity contribution in [3.63, 3.8) is 0 Å². The normalized spacial score (nSPS) is 14.5. The lowest BCUT2D eigenvalue weighted by Crippen LogP contribution is -2.29. The maximum atomic E-state index is 13.3. The number of rotatable bonds is 5. The molecule has 4 aromatic rings. The minimum atomic E-state index is -3.80. The quantitative estimate of drug-likeness (QED) is 0.264. The number of hydrogen-bond donors (Lipinski definition) is 0. The lowest BCUT2D eigenvalue weighted by atomic mass is 9.96. The summed E-state index contributed by atoms with van der Waals surface area (Å²) in [5.74, 6) is -2.73. The van der Waals surface area contributed by atoms with Crippen molar-refractivity contribution in [3.8, 4) is 0 Å². The number of carbonyl (C=O) groups excluding carboxylic acids is 5. The second-order valence-corrected chi connectivity index (χ2v) is 11.7. The Kier molecular flexibility index (Phi) is 5.82. The molecule has 202 valence electrons. The predicted molar refractivity (Wildman–Crippen MR) is 147 cm³/mol. The van der Waals surface area contributed by atoms with Crippen LogP contribution in [0.1, 0.15) is 62.9 Å². The van der Waals surface area contributed by atoms with Gasteiger partial charge in [-0.15, -0.1) is 0 Å². The van der Waals surface area contributed by atoms with Crippen LogP contribution in [-0.2, 0) is 9.84 Å². The highest BCUT2D eigenvalue weighted by Crippen LogP contribution is 2.32. The van der Waals surface area contributed by atoms with Crippen molar-refractivity contribution in [3.05, 3.63) is 124 Å². The fourth-order valence-corrected chi connectivity index (χ4v) is 6.17. The largest absolute Gasteiger partial charge is 0.289 e. The van der Waals surface area contributed by atoms with Gasteiger partial charge in [-0.2, -0.15) is 0 Å². The molecule has 2 heterocycles. The first-order chi connectivity index (χ1) is 19.5. The summed E-state index contributed by atoms with van der Waals surface area (Å²) in [5.41, 5.74) is 1.81. The van der Waals surface area contributed by atoms with Gasteiger partial charge in [-0.25, -0.2) is 13.3 Å². The second kappa shape index (κ2) is 9.17. The van der Waals surface area contributed by atoms with Gasteiger partial charge in [0.05, 0.1) is 37.7 Å². The minimum absolute atomic E-state index is 0.00955. The van der Waals surface area contributed by atoms with Crippen LogP contribution in [0.25, 0.3) is 0 Å². The molecule has 9 nitrogen and oxygen atoms in total. The molecule has 4 aromatic carbocycles. The number of imide groups is 2. The van der Waals surface area contributed by atoms with Crippen LogP contribution in [0.15, 0.2) is 94.7 Å². The zero-order valence-corrected chi connectivity index (χ0v) is 22.6. The Morgan fingerprint density at radius 2 is 1.02 bits per heavy atom. The van der Waals surface area contributed by atoms with Crippen molar-refractivity contribution in [1.82, 2.24) is 4.90 Å². The molecule has 0 bridgehead atoms. The molecule has 0 atom stereocenters. The van der Waals surface area contributed by atoms with E-state index >= 15 is 0 Å². The van der Waals surface area contributed by atoms with Crippen molar-refractivity contribution < 1.29 is 32.4 Å². The van der Waals surface area contributed by atoms with Gasteiger partial charge in [-0.05, 0) is 67.6 Å². The van der Waals surface area contributed by atoms with E-state index in [0.29, 0.717) is 0 Å². The van der Waals surface area contributed by atoms with E-state index in [9.17, 15) is 32.4 Å². The zero-order valence-electron chi connectivity index (χ0n) is 21.7. The standard InChI is InChI=1S/C31H20N2O7S/c1-17-3-9-21(10-4-17)41(39,40)22-11-7-20(8-12-22)33-30(37)24-14-6-19(16-26(24)31(33)38)27(34)18-5-13-23-25(15-18)29(36)32(2)28(23)35/h3-16H,1-2H3. The number of anilines is 1. The Morgan fingerprint density at radius 1 is 0.585 bits per heavy atom. The Morgan fingerprint density at radius 3 is 1.59 bits per heavy atom. The summed E-state index contributed by atoms with van der Waals surface area (Å²) >= 11 is 0. The maximum absolute atomic E-state index is 13.3. The Balaban J connectivity index is 1.28. The average molecular weight is 565 g/mol. The Labute approximate surface area is 234 Å². The first-order valence-corrected chi connectivity index (χ1v) is 13.9. The number of fused-ring (bicyclic) bond motifs is 2. The van der Waals surface area contributed by atoms with E-state index in [1.165, 1.54) is 79.8 Å². The molecule has 41 heavy (non-hydrogen) atoms. The summed E-state index contributed by atoms with van der Waals surface area (Å²) in [7, 11) is -2.44.